The molecular formula is C19H19BClN5O3. The summed E-state index contributed by atoms with van der Waals surface area (Å²) in [4.78, 5) is 27.4. The fourth-order valence-electron chi connectivity index (χ4n) is 2.71. The number of carbonyl (C=O) groups excluding carboxylic acids is 2. The minimum Gasteiger partial charge on any atom is -0.469 e. The van der Waals surface area contributed by atoms with Gasteiger partial charge in [0.1, 0.15) is 13.7 Å². The summed E-state index contributed by atoms with van der Waals surface area (Å²) in [5.74, 6) is 0.0171. The molecule has 8 nitrogen and oxygen atoms in total. The van der Waals surface area contributed by atoms with Gasteiger partial charge in [-0.05, 0) is 11.5 Å². The number of fused-ring (bicyclic) bond motifs is 1. The highest BCUT2D eigenvalue weighted by Gasteiger charge is 2.12. The number of aromatic nitrogens is 3. The molecular weight excluding hydrogens is 393 g/mol. The van der Waals surface area contributed by atoms with Crippen molar-refractivity contribution in [2.75, 3.05) is 25.5 Å². The first-order valence-corrected chi connectivity index (χ1v) is 9.34. The number of methoxy groups -OCH3 is 1. The molecule has 3 rings (SSSR count). The van der Waals surface area contributed by atoms with E-state index in [4.69, 9.17) is 19.4 Å². The Kier molecular flexibility index (Phi) is 6.71. The second-order valence-electron chi connectivity index (χ2n) is 6.19. The summed E-state index contributed by atoms with van der Waals surface area (Å²) >= 11 is 6.31. The van der Waals surface area contributed by atoms with Crippen molar-refractivity contribution in [3.05, 3.63) is 41.6 Å². The molecule has 0 aliphatic rings. The molecule has 1 amide bonds. The fourth-order valence-corrected chi connectivity index (χ4v) is 2.94. The van der Waals surface area contributed by atoms with Gasteiger partial charge in [-0.25, -0.2) is 4.98 Å². The summed E-state index contributed by atoms with van der Waals surface area (Å²) < 4.78 is 6.11. The number of hydrogen-bond donors (Lipinski definition) is 2. The van der Waals surface area contributed by atoms with Gasteiger partial charge in [-0.3, -0.25) is 9.59 Å². The lowest BCUT2D eigenvalue weighted by Crippen LogP contribution is -2.29. The van der Waals surface area contributed by atoms with Crippen LogP contribution in [0.4, 0.5) is 5.82 Å². The number of anilines is 1. The van der Waals surface area contributed by atoms with Crippen molar-refractivity contribution in [1.82, 2.24) is 19.9 Å². The van der Waals surface area contributed by atoms with Crippen molar-refractivity contribution < 1.29 is 14.3 Å². The average Bonchev–Trinajstić information content (AvgIpc) is 3.10. The Bertz CT molecular complexity index is 1040. The lowest BCUT2D eigenvalue weighted by Gasteiger charge is -2.12. The Morgan fingerprint density at radius 2 is 2.03 bits per heavy atom. The van der Waals surface area contributed by atoms with Crippen LogP contribution < -0.4 is 16.1 Å². The van der Waals surface area contributed by atoms with Crippen molar-refractivity contribution in [2.24, 2.45) is 0 Å². The van der Waals surface area contributed by atoms with Crippen LogP contribution in [-0.4, -0.2) is 54.5 Å². The molecule has 2 radical (unpaired) electrons. The zero-order valence-electron chi connectivity index (χ0n) is 15.8. The average molecular weight is 412 g/mol. The number of ether oxygens (including phenoxy) is 1. The fraction of sp³-hybridized carbons (Fsp3) is 0.263. The highest BCUT2D eigenvalue weighted by molar-refractivity contribution is 6.36. The van der Waals surface area contributed by atoms with Gasteiger partial charge < -0.3 is 15.4 Å². The smallest absolute Gasteiger partial charge is 0.306 e. The summed E-state index contributed by atoms with van der Waals surface area (Å²) in [6.45, 7) is 0.798. The third-order valence-corrected chi connectivity index (χ3v) is 4.52. The molecule has 3 aromatic rings. The Balaban J connectivity index is 1.70. The van der Waals surface area contributed by atoms with Gasteiger partial charge >= 0.3 is 5.97 Å². The van der Waals surface area contributed by atoms with Gasteiger partial charge in [0.05, 0.1) is 19.2 Å². The monoisotopic (exact) mass is 411 g/mol. The van der Waals surface area contributed by atoms with Crippen molar-refractivity contribution in [3.63, 3.8) is 0 Å². The number of nitrogens with zero attached hydrogens (tertiary/aromatic N) is 3. The zero-order chi connectivity index (χ0) is 20.8. The Labute approximate surface area is 174 Å². The maximum Gasteiger partial charge on any atom is 0.306 e. The van der Waals surface area contributed by atoms with Gasteiger partial charge in [-0.2, -0.15) is 9.61 Å². The lowest BCUT2D eigenvalue weighted by molar-refractivity contribution is -0.142. The predicted molar refractivity (Wildman–Crippen MR) is 112 cm³/mol. The molecule has 148 valence electrons. The van der Waals surface area contributed by atoms with E-state index in [9.17, 15) is 9.59 Å². The first kappa shape index (κ1) is 20.7. The first-order valence-electron chi connectivity index (χ1n) is 8.96. The molecule has 2 heterocycles. The summed E-state index contributed by atoms with van der Waals surface area (Å²) in [5, 5.41) is 10.8. The summed E-state index contributed by atoms with van der Waals surface area (Å²) in [6.07, 6.45) is 1.66. The van der Waals surface area contributed by atoms with E-state index in [0.717, 1.165) is 5.56 Å². The van der Waals surface area contributed by atoms with Crippen LogP contribution in [0.25, 0.3) is 16.9 Å². The van der Waals surface area contributed by atoms with Gasteiger partial charge in [0.25, 0.3) is 0 Å². The Hall–Kier alpha value is -3.07. The number of rotatable bonds is 8. The van der Waals surface area contributed by atoms with Gasteiger partial charge in [0.2, 0.25) is 5.91 Å². The van der Waals surface area contributed by atoms with Crippen LogP contribution in [0.3, 0.4) is 0 Å². The quantitative estimate of drug-likeness (QED) is 0.330. The van der Waals surface area contributed by atoms with E-state index in [-0.39, 0.29) is 18.7 Å². The third-order valence-electron chi connectivity index (χ3n) is 4.19. The number of benzene rings is 1. The van der Waals surface area contributed by atoms with E-state index in [1.165, 1.54) is 13.3 Å². The lowest BCUT2D eigenvalue weighted by atomic mass is 10.0. The van der Waals surface area contributed by atoms with E-state index in [0.29, 0.717) is 40.7 Å². The molecule has 0 aliphatic carbocycles. The Morgan fingerprint density at radius 1 is 1.24 bits per heavy atom. The molecule has 2 N–H and O–H groups in total. The molecule has 0 unspecified atom stereocenters. The van der Waals surface area contributed by atoms with E-state index in [1.54, 1.807) is 10.6 Å². The molecule has 10 heteroatoms. The van der Waals surface area contributed by atoms with Crippen LogP contribution in [0.1, 0.15) is 12.8 Å². The normalized spacial score (nSPS) is 10.7. The van der Waals surface area contributed by atoms with Crippen molar-refractivity contribution >= 4 is 48.3 Å². The van der Waals surface area contributed by atoms with Gasteiger partial charge in [0, 0.05) is 42.4 Å². The second kappa shape index (κ2) is 9.42. The zero-order valence-corrected chi connectivity index (χ0v) is 16.6. The topological polar surface area (TPSA) is 97.6 Å². The summed E-state index contributed by atoms with van der Waals surface area (Å²) in [6, 6.07) is 9.21. The van der Waals surface area contributed by atoms with Gasteiger partial charge in [-0.15, -0.1) is 0 Å². The summed E-state index contributed by atoms with van der Waals surface area (Å²) in [5.41, 5.74) is 2.38. The van der Waals surface area contributed by atoms with Crippen LogP contribution in [0, 0.1) is 0 Å². The van der Waals surface area contributed by atoms with E-state index in [1.807, 2.05) is 24.3 Å². The maximum absolute atomic E-state index is 11.8. The molecule has 0 aliphatic heterocycles. The van der Waals surface area contributed by atoms with E-state index in [2.05, 4.69) is 25.5 Å². The third kappa shape index (κ3) is 5.06. The largest absolute Gasteiger partial charge is 0.469 e. The molecule has 0 spiro atoms. The standard InChI is InChI=1S/C19H19BClN5O3/c1-29-18(28)7-6-17(27)23-9-8-22-16-10-15(12-4-2-3-5-14(12)21)25-19-13(20)11-24-26(16)19/h2-5,10-11,22H,6-9H2,1H3,(H,23,27). The van der Waals surface area contributed by atoms with E-state index >= 15 is 0 Å². The molecule has 0 saturated carbocycles. The summed E-state index contributed by atoms with van der Waals surface area (Å²) in [7, 11) is 7.28. The predicted octanol–water partition coefficient (Wildman–Crippen LogP) is 1.32. The van der Waals surface area contributed by atoms with Crippen molar-refractivity contribution in [2.45, 2.75) is 12.8 Å². The minimum absolute atomic E-state index is 0.0501. The molecule has 0 atom stereocenters. The van der Waals surface area contributed by atoms with Crippen LogP contribution in [-0.2, 0) is 14.3 Å². The second-order valence-corrected chi connectivity index (χ2v) is 6.60. The van der Waals surface area contributed by atoms with Crippen molar-refractivity contribution in [3.8, 4) is 11.3 Å². The highest BCUT2D eigenvalue weighted by Crippen LogP contribution is 2.28. The number of esters is 1. The molecule has 1 aromatic carbocycles. The number of carbonyl (C=O) groups is 2. The van der Waals surface area contributed by atoms with Gasteiger partial charge in [0.15, 0.2) is 5.65 Å². The van der Waals surface area contributed by atoms with E-state index < -0.39 is 5.97 Å². The maximum atomic E-state index is 11.8. The SMILES string of the molecule is [B]c1cnn2c(NCCNC(=O)CCC(=O)OC)cc(-c3ccccc3Cl)nc12. The molecule has 29 heavy (non-hydrogen) atoms. The first-order chi connectivity index (χ1) is 14.0. The van der Waals surface area contributed by atoms with Crippen LogP contribution in [0.2, 0.25) is 5.02 Å². The van der Waals surface area contributed by atoms with Crippen LogP contribution >= 0.6 is 11.6 Å². The van der Waals surface area contributed by atoms with Crippen LogP contribution in [0.5, 0.6) is 0 Å². The number of hydrogen-bond acceptors (Lipinski definition) is 6. The number of amides is 1. The van der Waals surface area contributed by atoms with Crippen LogP contribution in [0.15, 0.2) is 36.5 Å². The molecule has 2 aromatic heterocycles. The highest BCUT2D eigenvalue weighted by atomic mass is 35.5. The van der Waals surface area contributed by atoms with Crippen molar-refractivity contribution in [1.29, 1.82) is 0 Å². The molecule has 0 fully saturated rings. The number of nitrogens with one attached hydrogen (secondary N) is 2. The minimum atomic E-state index is -0.416. The molecule has 0 saturated heterocycles. The van der Waals surface area contributed by atoms with Gasteiger partial charge in [-0.1, -0.05) is 29.8 Å². The number of halogens is 1. The molecule has 0 bridgehead atoms. The Morgan fingerprint density at radius 3 is 2.79 bits per heavy atom.